The Balaban J connectivity index is 2.32. The molecular weight excluding hydrogens is 304 g/mol. The van der Waals surface area contributed by atoms with E-state index in [-0.39, 0.29) is 29.7 Å². The number of allylic oxidation sites excluding steroid dienone is 1. The highest BCUT2D eigenvalue weighted by molar-refractivity contribution is 8.13. The van der Waals surface area contributed by atoms with Gasteiger partial charge in [0.1, 0.15) is 5.75 Å². The van der Waals surface area contributed by atoms with Gasteiger partial charge < -0.3 is 15.2 Å². The number of thioether (sulfide) groups is 1. The molecule has 0 spiro atoms. The van der Waals surface area contributed by atoms with Crippen LogP contribution in [-0.4, -0.2) is 29.2 Å². The molecule has 6 nitrogen and oxygen atoms in total. The van der Waals surface area contributed by atoms with Crippen molar-refractivity contribution < 1.29 is 19.4 Å². The maximum atomic E-state index is 11.9. The Morgan fingerprint density at radius 2 is 2.18 bits per heavy atom. The number of aromatic hydroxyl groups is 1. The molecule has 0 aromatic heterocycles. The van der Waals surface area contributed by atoms with E-state index in [1.807, 2.05) is 0 Å². The zero-order valence-electron chi connectivity index (χ0n) is 11.8. The van der Waals surface area contributed by atoms with Gasteiger partial charge >= 0.3 is 5.30 Å². The van der Waals surface area contributed by atoms with Crippen LogP contribution in [0.2, 0.25) is 0 Å². The number of phenols is 1. The quantitative estimate of drug-likeness (QED) is 0.829. The first kappa shape index (κ1) is 15.9. The van der Waals surface area contributed by atoms with E-state index in [4.69, 9.17) is 0 Å². The molecule has 1 heterocycles. The molecular formula is C15H14N2O4S. The third kappa shape index (κ3) is 3.59. The Morgan fingerprint density at radius 1 is 1.50 bits per heavy atom. The number of hydrogen-bond donors (Lipinski definition) is 2. The summed E-state index contributed by atoms with van der Waals surface area (Å²) in [4.78, 5) is 23.1. The molecule has 1 aliphatic rings. The van der Waals surface area contributed by atoms with Crippen molar-refractivity contribution in [1.82, 2.24) is 5.32 Å². The van der Waals surface area contributed by atoms with Gasteiger partial charge in [-0.1, -0.05) is 12.1 Å². The fourth-order valence-corrected chi connectivity index (χ4v) is 2.83. The van der Waals surface area contributed by atoms with Crippen LogP contribution in [-0.2, 0) is 9.53 Å². The number of carbonyl (C=O) groups excluding carboxylic acids is 2. The van der Waals surface area contributed by atoms with Gasteiger partial charge in [0.15, 0.2) is 0 Å². The van der Waals surface area contributed by atoms with Crippen molar-refractivity contribution in [1.29, 1.82) is 5.26 Å². The Bertz CT molecular complexity index is 661. The standard InChI is InChI=1S/C15H14N2O4S/c1-21-15(20)22-8-13-12(7-16)11(6-14(19)17-13)9-2-4-10(18)5-3-9/h2-5,11,18H,6,8H2,1H3,(H,17,19). The van der Waals surface area contributed by atoms with Gasteiger partial charge in [0.2, 0.25) is 5.91 Å². The number of ether oxygens (including phenoxy) is 1. The Labute approximate surface area is 131 Å². The van der Waals surface area contributed by atoms with E-state index in [2.05, 4.69) is 16.1 Å². The summed E-state index contributed by atoms with van der Waals surface area (Å²) in [5, 5.41) is 20.9. The molecule has 0 saturated heterocycles. The zero-order valence-corrected chi connectivity index (χ0v) is 12.6. The molecule has 1 atom stereocenters. The summed E-state index contributed by atoms with van der Waals surface area (Å²) < 4.78 is 4.54. The first-order valence-corrected chi connectivity index (χ1v) is 7.46. The van der Waals surface area contributed by atoms with E-state index in [0.29, 0.717) is 11.3 Å². The molecule has 2 N–H and O–H groups in total. The van der Waals surface area contributed by atoms with Gasteiger partial charge in [0, 0.05) is 23.8 Å². The van der Waals surface area contributed by atoms with E-state index in [1.165, 1.54) is 19.2 Å². The first-order chi connectivity index (χ1) is 10.5. The van der Waals surface area contributed by atoms with Crippen LogP contribution in [0.3, 0.4) is 0 Å². The summed E-state index contributed by atoms with van der Waals surface area (Å²) >= 11 is 0.879. The lowest BCUT2D eigenvalue weighted by Crippen LogP contribution is -2.33. The fourth-order valence-electron chi connectivity index (χ4n) is 2.22. The monoisotopic (exact) mass is 318 g/mol. The number of nitrogens with zero attached hydrogens (tertiary/aromatic N) is 1. The molecule has 7 heteroatoms. The normalized spacial score (nSPS) is 17.6. The smallest absolute Gasteiger partial charge is 0.367 e. The second-order valence-corrected chi connectivity index (χ2v) is 5.55. The van der Waals surface area contributed by atoms with E-state index in [1.54, 1.807) is 12.1 Å². The molecule has 1 aromatic carbocycles. The van der Waals surface area contributed by atoms with Crippen molar-refractivity contribution in [3.8, 4) is 11.8 Å². The number of nitrogens with one attached hydrogen (secondary N) is 1. The predicted octanol–water partition coefficient (Wildman–Crippen LogP) is 2.27. The Kier molecular flexibility index (Phi) is 5.07. The van der Waals surface area contributed by atoms with E-state index in [0.717, 1.165) is 17.3 Å². The predicted molar refractivity (Wildman–Crippen MR) is 81.1 cm³/mol. The average Bonchev–Trinajstić information content (AvgIpc) is 2.52. The third-order valence-electron chi connectivity index (χ3n) is 3.27. The highest BCUT2D eigenvalue weighted by Crippen LogP contribution is 2.34. The van der Waals surface area contributed by atoms with Crippen molar-refractivity contribution >= 4 is 23.0 Å². The highest BCUT2D eigenvalue weighted by atomic mass is 32.2. The lowest BCUT2D eigenvalue weighted by molar-refractivity contribution is -0.121. The van der Waals surface area contributed by atoms with Crippen molar-refractivity contribution in [3.63, 3.8) is 0 Å². The number of nitriles is 1. The second-order valence-electron chi connectivity index (χ2n) is 4.64. The van der Waals surface area contributed by atoms with Gasteiger partial charge in [-0.15, -0.1) is 0 Å². The molecule has 0 radical (unpaired) electrons. The molecule has 114 valence electrons. The largest absolute Gasteiger partial charge is 0.508 e. The number of rotatable bonds is 3. The van der Waals surface area contributed by atoms with Crippen LogP contribution in [0.5, 0.6) is 5.75 Å². The van der Waals surface area contributed by atoms with Crippen LogP contribution in [0.15, 0.2) is 35.5 Å². The van der Waals surface area contributed by atoms with Gasteiger partial charge in [-0.3, -0.25) is 4.79 Å². The Morgan fingerprint density at radius 3 is 2.77 bits per heavy atom. The van der Waals surface area contributed by atoms with E-state index in [9.17, 15) is 20.0 Å². The van der Waals surface area contributed by atoms with Crippen LogP contribution >= 0.6 is 11.8 Å². The van der Waals surface area contributed by atoms with Crippen molar-refractivity contribution in [2.45, 2.75) is 12.3 Å². The maximum Gasteiger partial charge on any atom is 0.367 e. The second kappa shape index (κ2) is 7.00. The summed E-state index contributed by atoms with van der Waals surface area (Å²) in [6.07, 6.45) is 0.153. The minimum absolute atomic E-state index is 0.118. The highest BCUT2D eigenvalue weighted by Gasteiger charge is 2.29. The average molecular weight is 318 g/mol. The zero-order chi connectivity index (χ0) is 16.1. The molecule has 0 fully saturated rings. The van der Waals surface area contributed by atoms with E-state index >= 15 is 0 Å². The SMILES string of the molecule is COC(=O)SCC1=C(C#N)C(c2ccc(O)cc2)CC(=O)N1. The summed E-state index contributed by atoms with van der Waals surface area (Å²) in [5.41, 5.74) is 1.61. The van der Waals surface area contributed by atoms with Crippen molar-refractivity contribution in [2.24, 2.45) is 0 Å². The summed E-state index contributed by atoms with van der Waals surface area (Å²) in [6, 6.07) is 8.51. The van der Waals surface area contributed by atoms with Crippen LogP contribution in [0, 0.1) is 11.3 Å². The molecule has 1 unspecified atom stereocenters. The summed E-state index contributed by atoms with van der Waals surface area (Å²) in [7, 11) is 1.27. The van der Waals surface area contributed by atoms with Gasteiger partial charge in [-0.2, -0.15) is 5.26 Å². The molecule has 1 aliphatic heterocycles. The first-order valence-electron chi connectivity index (χ1n) is 6.47. The number of methoxy groups -OCH3 is 1. The fraction of sp³-hybridized carbons (Fsp3) is 0.267. The van der Waals surface area contributed by atoms with Crippen LogP contribution in [0.4, 0.5) is 4.79 Å². The minimum Gasteiger partial charge on any atom is -0.508 e. The summed E-state index contributed by atoms with van der Waals surface area (Å²) in [6.45, 7) is 0. The molecule has 0 bridgehead atoms. The van der Waals surface area contributed by atoms with Gasteiger partial charge in [-0.05, 0) is 29.5 Å². The summed E-state index contributed by atoms with van der Waals surface area (Å²) in [5.74, 6) is -0.311. The number of benzene rings is 1. The number of hydrogen-bond acceptors (Lipinski definition) is 6. The topological polar surface area (TPSA) is 99.4 Å². The minimum atomic E-state index is -0.481. The van der Waals surface area contributed by atoms with Crippen molar-refractivity contribution in [2.75, 3.05) is 12.9 Å². The lowest BCUT2D eigenvalue weighted by atomic mass is 9.85. The lowest BCUT2D eigenvalue weighted by Gasteiger charge is -2.25. The molecule has 0 aliphatic carbocycles. The molecule has 2 rings (SSSR count). The molecule has 1 aromatic rings. The van der Waals surface area contributed by atoms with Crippen LogP contribution in [0.25, 0.3) is 0 Å². The maximum absolute atomic E-state index is 11.9. The number of phenolic OH excluding ortho intramolecular Hbond substituents is 1. The molecule has 22 heavy (non-hydrogen) atoms. The van der Waals surface area contributed by atoms with Gasteiger partial charge in [-0.25, -0.2) is 4.79 Å². The molecule has 0 saturated carbocycles. The Hall–Kier alpha value is -2.46. The number of amides is 1. The van der Waals surface area contributed by atoms with E-state index < -0.39 is 5.30 Å². The molecule has 1 amide bonds. The third-order valence-corrected chi connectivity index (χ3v) is 4.11. The van der Waals surface area contributed by atoms with Crippen LogP contribution < -0.4 is 5.32 Å². The van der Waals surface area contributed by atoms with Crippen LogP contribution in [0.1, 0.15) is 17.9 Å². The number of carbonyl (C=O) groups is 2. The van der Waals surface area contributed by atoms with Gasteiger partial charge in [0.05, 0.1) is 18.8 Å². The van der Waals surface area contributed by atoms with Crippen molar-refractivity contribution in [3.05, 3.63) is 41.1 Å². The van der Waals surface area contributed by atoms with Gasteiger partial charge in [0.25, 0.3) is 0 Å².